The third-order valence-electron chi connectivity index (χ3n) is 5.34. The van der Waals surface area contributed by atoms with Crippen molar-refractivity contribution in [3.05, 3.63) is 58.7 Å². The summed E-state index contributed by atoms with van der Waals surface area (Å²) in [7, 11) is -3.59. The quantitative estimate of drug-likeness (QED) is 0.845. The summed E-state index contributed by atoms with van der Waals surface area (Å²) in [6.45, 7) is 8.57. The molecule has 0 aromatic heterocycles. The van der Waals surface area contributed by atoms with Gasteiger partial charge in [-0.25, -0.2) is 8.42 Å². The molecule has 28 heavy (non-hydrogen) atoms. The molecule has 1 heterocycles. The standard InChI is InChI=1S/C22H28N2O3S/c1-15-7-9-20(10-8-15)28(26,27)24-11-5-6-19(14-24)22(25)23-21-17(3)12-16(2)13-18(21)4/h7-10,12-13,19H,5-6,11,14H2,1-4H3,(H,23,25)/t19-/m1/s1. The van der Waals surface area contributed by atoms with Gasteiger partial charge in [0.25, 0.3) is 0 Å². The molecule has 6 heteroatoms. The predicted octanol–water partition coefficient (Wildman–Crippen LogP) is 3.96. The summed E-state index contributed by atoms with van der Waals surface area (Å²) in [6.07, 6.45) is 1.37. The van der Waals surface area contributed by atoms with E-state index in [9.17, 15) is 13.2 Å². The average Bonchev–Trinajstić information content (AvgIpc) is 2.65. The van der Waals surface area contributed by atoms with E-state index in [0.29, 0.717) is 19.4 Å². The number of hydrogen-bond donors (Lipinski definition) is 1. The molecule has 1 N–H and O–H groups in total. The van der Waals surface area contributed by atoms with Gasteiger partial charge in [-0.05, 0) is 63.8 Å². The summed E-state index contributed by atoms with van der Waals surface area (Å²) in [5.74, 6) is -0.465. The molecule has 5 nitrogen and oxygen atoms in total. The molecule has 2 aromatic carbocycles. The Kier molecular flexibility index (Phi) is 5.91. The van der Waals surface area contributed by atoms with Gasteiger partial charge in [-0.15, -0.1) is 0 Å². The molecule has 0 aliphatic carbocycles. The second-order valence-corrected chi connectivity index (χ2v) is 9.72. The van der Waals surface area contributed by atoms with Gasteiger partial charge >= 0.3 is 0 Å². The third-order valence-corrected chi connectivity index (χ3v) is 7.22. The van der Waals surface area contributed by atoms with Crippen LogP contribution in [0.3, 0.4) is 0 Å². The van der Waals surface area contributed by atoms with Crippen LogP contribution < -0.4 is 5.32 Å². The number of carbonyl (C=O) groups is 1. The molecule has 0 bridgehead atoms. The van der Waals surface area contributed by atoms with E-state index in [0.717, 1.165) is 27.9 Å². The van der Waals surface area contributed by atoms with Crippen LogP contribution in [0.25, 0.3) is 0 Å². The molecule has 1 aliphatic rings. The Labute approximate surface area is 167 Å². The molecule has 1 saturated heterocycles. The van der Waals surface area contributed by atoms with Crippen LogP contribution in [0.15, 0.2) is 41.3 Å². The zero-order valence-electron chi connectivity index (χ0n) is 17.0. The van der Waals surface area contributed by atoms with Crippen molar-refractivity contribution in [1.29, 1.82) is 0 Å². The van der Waals surface area contributed by atoms with Crippen molar-refractivity contribution in [2.24, 2.45) is 5.92 Å². The average molecular weight is 401 g/mol. The zero-order chi connectivity index (χ0) is 20.5. The number of benzene rings is 2. The molecule has 2 aromatic rings. The first-order valence-electron chi connectivity index (χ1n) is 9.64. The molecule has 1 atom stereocenters. The van der Waals surface area contributed by atoms with Gasteiger partial charge in [-0.3, -0.25) is 4.79 Å². The molecule has 0 radical (unpaired) electrons. The molecular weight excluding hydrogens is 372 g/mol. The van der Waals surface area contributed by atoms with Crippen molar-refractivity contribution in [3.8, 4) is 0 Å². The minimum Gasteiger partial charge on any atom is -0.325 e. The summed E-state index contributed by atoms with van der Waals surface area (Å²) in [5, 5.41) is 3.03. The molecule has 1 aliphatic heterocycles. The van der Waals surface area contributed by atoms with Crippen molar-refractivity contribution >= 4 is 21.6 Å². The van der Waals surface area contributed by atoms with Crippen LogP contribution in [0, 0.1) is 33.6 Å². The maximum Gasteiger partial charge on any atom is 0.243 e. The van der Waals surface area contributed by atoms with E-state index in [1.165, 1.54) is 4.31 Å². The van der Waals surface area contributed by atoms with E-state index in [1.807, 2.05) is 39.8 Å². The lowest BCUT2D eigenvalue weighted by Gasteiger charge is -2.31. The number of amides is 1. The summed E-state index contributed by atoms with van der Waals surface area (Å²) >= 11 is 0. The van der Waals surface area contributed by atoms with Crippen LogP contribution in [-0.2, 0) is 14.8 Å². The van der Waals surface area contributed by atoms with E-state index >= 15 is 0 Å². The second kappa shape index (κ2) is 8.05. The highest BCUT2D eigenvalue weighted by molar-refractivity contribution is 7.89. The molecule has 1 fully saturated rings. The Bertz CT molecular complexity index is 958. The van der Waals surface area contributed by atoms with E-state index in [4.69, 9.17) is 0 Å². The maximum atomic E-state index is 13.0. The lowest BCUT2D eigenvalue weighted by atomic mass is 9.98. The molecule has 0 unspecified atom stereocenters. The van der Waals surface area contributed by atoms with Gasteiger partial charge in [0.15, 0.2) is 0 Å². The van der Waals surface area contributed by atoms with E-state index < -0.39 is 10.0 Å². The van der Waals surface area contributed by atoms with Crippen LogP contribution in [-0.4, -0.2) is 31.7 Å². The Balaban J connectivity index is 1.76. The van der Waals surface area contributed by atoms with Gasteiger partial charge in [0, 0.05) is 18.8 Å². The smallest absolute Gasteiger partial charge is 0.243 e. The van der Waals surface area contributed by atoms with Crippen LogP contribution in [0.2, 0.25) is 0 Å². The van der Waals surface area contributed by atoms with Gasteiger partial charge in [0.2, 0.25) is 15.9 Å². The monoisotopic (exact) mass is 400 g/mol. The number of hydrogen-bond acceptors (Lipinski definition) is 3. The summed E-state index contributed by atoms with van der Waals surface area (Å²) in [5.41, 5.74) is 5.03. The second-order valence-electron chi connectivity index (χ2n) is 7.78. The van der Waals surface area contributed by atoms with Gasteiger partial charge in [0.1, 0.15) is 0 Å². The van der Waals surface area contributed by atoms with Crippen LogP contribution in [0.5, 0.6) is 0 Å². The van der Waals surface area contributed by atoms with Crippen molar-refractivity contribution < 1.29 is 13.2 Å². The summed E-state index contributed by atoms with van der Waals surface area (Å²) in [4.78, 5) is 13.2. The van der Waals surface area contributed by atoms with Crippen molar-refractivity contribution in [2.45, 2.75) is 45.4 Å². The third kappa shape index (κ3) is 4.28. The zero-order valence-corrected chi connectivity index (χ0v) is 17.8. The van der Waals surface area contributed by atoms with Crippen LogP contribution >= 0.6 is 0 Å². The minimum atomic E-state index is -3.59. The van der Waals surface area contributed by atoms with Crippen LogP contribution in [0.4, 0.5) is 5.69 Å². The van der Waals surface area contributed by atoms with Gasteiger partial charge in [-0.2, -0.15) is 4.31 Å². The van der Waals surface area contributed by atoms with Gasteiger partial charge in [0.05, 0.1) is 10.8 Å². The Morgan fingerprint density at radius 2 is 1.61 bits per heavy atom. The fraction of sp³-hybridized carbons (Fsp3) is 0.409. The molecule has 3 rings (SSSR count). The van der Waals surface area contributed by atoms with E-state index in [2.05, 4.69) is 5.32 Å². The first-order chi connectivity index (χ1) is 13.2. The minimum absolute atomic E-state index is 0.112. The highest BCUT2D eigenvalue weighted by Crippen LogP contribution is 2.27. The Morgan fingerprint density at radius 3 is 2.21 bits per heavy atom. The Hall–Kier alpha value is -2.18. The Morgan fingerprint density at radius 1 is 1.00 bits per heavy atom. The molecule has 0 saturated carbocycles. The van der Waals surface area contributed by atoms with Crippen molar-refractivity contribution in [1.82, 2.24) is 4.31 Å². The van der Waals surface area contributed by atoms with E-state index in [-0.39, 0.29) is 23.3 Å². The molecule has 1 amide bonds. The summed E-state index contributed by atoms with van der Waals surface area (Å²) < 4.78 is 27.4. The maximum absolute atomic E-state index is 13.0. The fourth-order valence-corrected chi connectivity index (χ4v) is 5.36. The van der Waals surface area contributed by atoms with E-state index in [1.54, 1.807) is 24.3 Å². The normalized spacial score (nSPS) is 18.1. The first-order valence-corrected chi connectivity index (χ1v) is 11.1. The van der Waals surface area contributed by atoms with Gasteiger partial charge < -0.3 is 5.32 Å². The topological polar surface area (TPSA) is 66.5 Å². The number of nitrogens with zero attached hydrogens (tertiary/aromatic N) is 1. The number of nitrogens with one attached hydrogen (secondary N) is 1. The lowest BCUT2D eigenvalue weighted by Crippen LogP contribution is -2.43. The van der Waals surface area contributed by atoms with Crippen molar-refractivity contribution in [3.63, 3.8) is 0 Å². The number of anilines is 1. The number of sulfonamides is 1. The van der Waals surface area contributed by atoms with Crippen LogP contribution in [0.1, 0.15) is 35.1 Å². The van der Waals surface area contributed by atoms with Crippen molar-refractivity contribution in [2.75, 3.05) is 18.4 Å². The summed E-state index contributed by atoms with van der Waals surface area (Å²) in [6, 6.07) is 10.9. The highest BCUT2D eigenvalue weighted by atomic mass is 32.2. The largest absolute Gasteiger partial charge is 0.325 e. The van der Waals surface area contributed by atoms with Gasteiger partial charge in [-0.1, -0.05) is 35.4 Å². The molecule has 0 spiro atoms. The highest BCUT2D eigenvalue weighted by Gasteiger charge is 2.33. The number of rotatable bonds is 4. The number of aryl methyl sites for hydroxylation is 4. The fourth-order valence-electron chi connectivity index (χ4n) is 3.84. The SMILES string of the molecule is Cc1ccc(S(=O)(=O)N2CCC[C@@H](C(=O)Nc3c(C)cc(C)cc3C)C2)cc1. The molecular formula is C22H28N2O3S. The molecule has 150 valence electrons. The lowest BCUT2D eigenvalue weighted by molar-refractivity contribution is -0.120. The predicted molar refractivity (Wildman–Crippen MR) is 112 cm³/mol. The number of piperidine rings is 1. The number of carbonyl (C=O) groups excluding carboxylic acids is 1. The first kappa shape index (κ1) is 20.6.